The number of methoxy groups -OCH3 is 1. The summed E-state index contributed by atoms with van der Waals surface area (Å²) in [5.74, 6) is -0.374. The maximum atomic E-state index is 12.6. The molecule has 3 aromatic rings. The maximum absolute atomic E-state index is 12.6. The highest BCUT2D eigenvalue weighted by Crippen LogP contribution is 2.26. The molecule has 0 atom stereocenters. The van der Waals surface area contributed by atoms with Gasteiger partial charge in [-0.15, -0.1) is 5.10 Å². The molecule has 0 aliphatic rings. The minimum Gasteiger partial charge on any atom is -0.495 e. The summed E-state index contributed by atoms with van der Waals surface area (Å²) in [6.45, 7) is 5.69. The number of benzene rings is 2. The Balaban J connectivity index is 1.70. The van der Waals surface area contributed by atoms with Crippen LogP contribution >= 0.6 is 0 Å². The number of nitrogens with zero attached hydrogens (tertiary/aromatic N) is 3. The Bertz CT molecular complexity index is 1110. The summed E-state index contributed by atoms with van der Waals surface area (Å²) in [5, 5.41) is 13.2. The van der Waals surface area contributed by atoms with E-state index in [0.29, 0.717) is 17.1 Å². The number of rotatable bonds is 6. The second-order valence-corrected chi connectivity index (χ2v) is 6.99. The van der Waals surface area contributed by atoms with Gasteiger partial charge in [-0.3, -0.25) is 9.59 Å². The number of nitrogens with one attached hydrogen (secondary N) is 2. The van der Waals surface area contributed by atoms with Gasteiger partial charge in [-0.05, 0) is 61.7 Å². The van der Waals surface area contributed by atoms with Crippen LogP contribution in [-0.4, -0.2) is 33.9 Å². The number of anilines is 3. The van der Waals surface area contributed by atoms with Crippen molar-refractivity contribution in [2.24, 2.45) is 0 Å². The predicted molar refractivity (Wildman–Crippen MR) is 115 cm³/mol. The van der Waals surface area contributed by atoms with Crippen LogP contribution in [0, 0.1) is 20.8 Å². The fourth-order valence-electron chi connectivity index (χ4n) is 2.86. The van der Waals surface area contributed by atoms with Crippen molar-refractivity contribution in [2.75, 3.05) is 23.5 Å². The van der Waals surface area contributed by atoms with Crippen LogP contribution in [0.15, 0.2) is 36.4 Å². The average Bonchev–Trinajstić information content (AvgIpc) is 3.05. The Kier molecular flexibility index (Phi) is 6.01. The van der Waals surface area contributed by atoms with Gasteiger partial charge in [0.05, 0.1) is 12.8 Å². The van der Waals surface area contributed by atoms with E-state index in [1.54, 1.807) is 12.1 Å². The number of nitrogen functional groups attached to an aromatic ring is 1. The van der Waals surface area contributed by atoms with Crippen molar-refractivity contribution in [2.45, 2.75) is 27.3 Å². The van der Waals surface area contributed by atoms with E-state index in [4.69, 9.17) is 10.5 Å². The number of aromatic nitrogens is 3. The number of hydrogen-bond acceptors (Lipinski definition) is 6. The van der Waals surface area contributed by atoms with Gasteiger partial charge in [-0.25, -0.2) is 4.68 Å². The van der Waals surface area contributed by atoms with Gasteiger partial charge in [-0.1, -0.05) is 17.3 Å². The molecule has 9 heteroatoms. The first-order valence-electron chi connectivity index (χ1n) is 9.30. The summed E-state index contributed by atoms with van der Waals surface area (Å²) < 4.78 is 6.44. The molecular formula is C21H24N6O3. The van der Waals surface area contributed by atoms with Crippen molar-refractivity contribution >= 4 is 29.0 Å². The fourth-order valence-corrected chi connectivity index (χ4v) is 2.86. The van der Waals surface area contributed by atoms with Gasteiger partial charge in [0.2, 0.25) is 5.91 Å². The van der Waals surface area contributed by atoms with Gasteiger partial charge in [-0.2, -0.15) is 0 Å². The lowest BCUT2D eigenvalue weighted by molar-refractivity contribution is -0.116. The Labute approximate surface area is 174 Å². The molecule has 4 N–H and O–H groups in total. The molecule has 0 unspecified atom stereocenters. The molecule has 2 aromatic carbocycles. The Morgan fingerprint density at radius 2 is 1.83 bits per heavy atom. The third kappa shape index (κ3) is 4.57. The first-order valence-corrected chi connectivity index (χ1v) is 9.30. The van der Waals surface area contributed by atoms with E-state index in [9.17, 15) is 9.59 Å². The van der Waals surface area contributed by atoms with Crippen LogP contribution in [-0.2, 0) is 11.3 Å². The molecule has 0 aliphatic carbocycles. The normalized spacial score (nSPS) is 10.5. The topological polar surface area (TPSA) is 124 Å². The third-order valence-electron chi connectivity index (χ3n) is 4.68. The molecule has 0 saturated heterocycles. The fraction of sp³-hybridized carbons (Fsp3) is 0.238. The van der Waals surface area contributed by atoms with Crippen LogP contribution in [0.5, 0.6) is 5.75 Å². The van der Waals surface area contributed by atoms with Gasteiger partial charge < -0.3 is 21.1 Å². The summed E-state index contributed by atoms with van der Waals surface area (Å²) in [6.07, 6.45) is 0. The molecule has 0 radical (unpaired) electrons. The van der Waals surface area contributed by atoms with Crippen molar-refractivity contribution in [3.8, 4) is 5.75 Å². The predicted octanol–water partition coefficient (Wildman–Crippen LogP) is 2.69. The van der Waals surface area contributed by atoms with Gasteiger partial charge in [0.25, 0.3) is 5.91 Å². The Morgan fingerprint density at radius 3 is 2.53 bits per heavy atom. The smallest absolute Gasteiger partial charge is 0.280 e. The summed E-state index contributed by atoms with van der Waals surface area (Å²) in [7, 11) is 1.51. The Morgan fingerprint density at radius 1 is 1.07 bits per heavy atom. The van der Waals surface area contributed by atoms with Gasteiger partial charge >= 0.3 is 0 Å². The van der Waals surface area contributed by atoms with Gasteiger partial charge in [0, 0.05) is 5.69 Å². The highest BCUT2D eigenvalue weighted by molar-refractivity contribution is 6.06. The van der Waals surface area contributed by atoms with E-state index in [0.717, 1.165) is 16.7 Å². The van der Waals surface area contributed by atoms with Crippen molar-refractivity contribution in [1.82, 2.24) is 15.0 Å². The molecule has 0 spiro atoms. The summed E-state index contributed by atoms with van der Waals surface area (Å²) >= 11 is 0. The minimum atomic E-state index is -0.544. The van der Waals surface area contributed by atoms with E-state index >= 15 is 0 Å². The van der Waals surface area contributed by atoms with Gasteiger partial charge in [0.1, 0.15) is 12.3 Å². The van der Waals surface area contributed by atoms with Crippen molar-refractivity contribution in [3.05, 3.63) is 58.8 Å². The molecule has 0 aliphatic heterocycles. The molecular weight excluding hydrogens is 384 g/mol. The standard InChI is InChI=1S/C21H24N6O3/c1-12-5-8-17(30-4)16(9-12)24-21(29)19-20(22)27(26-25-19)11-18(28)23-15-7-6-13(2)14(3)10-15/h5-10H,11,22H2,1-4H3,(H,23,28)(H,24,29). The number of amides is 2. The second-order valence-electron chi connectivity index (χ2n) is 6.99. The molecule has 3 rings (SSSR count). The van der Waals surface area contributed by atoms with Crippen LogP contribution in [0.3, 0.4) is 0 Å². The molecule has 156 valence electrons. The number of aryl methyl sites for hydroxylation is 3. The zero-order chi connectivity index (χ0) is 21.8. The monoisotopic (exact) mass is 408 g/mol. The highest BCUT2D eigenvalue weighted by atomic mass is 16.5. The average molecular weight is 408 g/mol. The van der Waals surface area contributed by atoms with Crippen LogP contribution in [0.1, 0.15) is 27.2 Å². The lowest BCUT2D eigenvalue weighted by atomic mass is 10.1. The third-order valence-corrected chi connectivity index (χ3v) is 4.68. The molecule has 1 heterocycles. The van der Waals surface area contributed by atoms with Crippen LogP contribution in [0.25, 0.3) is 0 Å². The number of nitrogens with two attached hydrogens (primary N) is 1. The molecule has 2 amide bonds. The summed E-state index contributed by atoms with van der Waals surface area (Å²) in [5.41, 5.74) is 10.3. The van der Waals surface area contributed by atoms with Crippen molar-refractivity contribution in [3.63, 3.8) is 0 Å². The van der Waals surface area contributed by atoms with Gasteiger partial charge in [0.15, 0.2) is 11.5 Å². The molecule has 0 bridgehead atoms. The van der Waals surface area contributed by atoms with Crippen molar-refractivity contribution < 1.29 is 14.3 Å². The minimum absolute atomic E-state index is 0.00523. The molecule has 0 saturated carbocycles. The maximum Gasteiger partial charge on any atom is 0.280 e. The summed E-state index contributed by atoms with van der Waals surface area (Å²) in [6, 6.07) is 11.0. The number of carbonyl (C=O) groups is 2. The number of hydrogen-bond donors (Lipinski definition) is 3. The molecule has 0 fully saturated rings. The first-order chi connectivity index (χ1) is 14.3. The van der Waals surface area contributed by atoms with E-state index in [2.05, 4.69) is 20.9 Å². The SMILES string of the molecule is COc1ccc(C)cc1NC(=O)c1nnn(CC(=O)Nc2ccc(C)c(C)c2)c1N. The van der Waals surface area contributed by atoms with Crippen LogP contribution in [0.4, 0.5) is 17.2 Å². The largest absolute Gasteiger partial charge is 0.495 e. The van der Waals surface area contributed by atoms with Crippen LogP contribution < -0.4 is 21.1 Å². The van der Waals surface area contributed by atoms with E-state index in [-0.39, 0.29) is 24.0 Å². The Hall–Kier alpha value is -3.88. The highest BCUT2D eigenvalue weighted by Gasteiger charge is 2.20. The van der Waals surface area contributed by atoms with E-state index in [1.165, 1.54) is 11.8 Å². The van der Waals surface area contributed by atoms with E-state index in [1.807, 2.05) is 45.0 Å². The van der Waals surface area contributed by atoms with E-state index < -0.39 is 5.91 Å². The quantitative estimate of drug-likeness (QED) is 0.576. The van der Waals surface area contributed by atoms with Crippen LogP contribution in [0.2, 0.25) is 0 Å². The first kappa shape index (κ1) is 20.8. The zero-order valence-electron chi connectivity index (χ0n) is 17.3. The summed E-state index contributed by atoms with van der Waals surface area (Å²) in [4.78, 5) is 25.0. The number of carbonyl (C=O) groups excluding carboxylic acids is 2. The number of ether oxygens (including phenoxy) is 1. The zero-order valence-corrected chi connectivity index (χ0v) is 17.3. The van der Waals surface area contributed by atoms with Crippen molar-refractivity contribution in [1.29, 1.82) is 0 Å². The molecule has 30 heavy (non-hydrogen) atoms. The lowest BCUT2D eigenvalue weighted by Gasteiger charge is -2.10. The second kappa shape index (κ2) is 8.64. The molecule has 9 nitrogen and oxygen atoms in total. The molecule has 1 aromatic heterocycles. The lowest BCUT2D eigenvalue weighted by Crippen LogP contribution is -2.21.